The number of hydrogen-bond acceptors (Lipinski definition) is 3. The molecule has 3 nitrogen and oxygen atoms in total. The molecule has 0 spiro atoms. The van der Waals surface area contributed by atoms with E-state index in [9.17, 15) is 0 Å². The summed E-state index contributed by atoms with van der Waals surface area (Å²) >= 11 is 1.69. The van der Waals surface area contributed by atoms with Crippen LogP contribution in [0.5, 0.6) is 0 Å². The van der Waals surface area contributed by atoms with Crippen LogP contribution in [-0.4, -0.2) is 27.4 Å². The van der Waals surface area contributed by atoms with Crippen molar-refractivity contribution in [3.05, 3.63) is 17.7 Å². The summed E-state index contributed by atoms with van der Waals surface area (Å²) in [7, 11) is 0. The van der Waals surface area contributed by atoms with E-state index in [1.54, 1.807) is 18.1 Å². The van der Waals surface area contributed by atoms with Gasteiger partial charge >= 0.3 is 0 Å². The van der Waals surface area contributed by atoms with E-state index in [0.29, 0.717) is 0 Å². The van der Waals surface area contributed by atoms with Crippen LogP contribution in [0.3, 0.4) is 0 Å². The minimum Gasteiger partial charge on any atom is -0.396 e. The molecule has 11 heavy (non-hydrogen) atoms. The third kappa shape index (κ3) is 2.55. The molecule has 2 N–H and O–H groups in total. The second kappa shape index (κ2) is 4.41. The molecule has 1 heterocycles. The first-order valence-corrected chi connectivity index (χ1v) is 4.67. The van der Waals surface area contributed by atoms with E-state index in [-0.39, 0.29) is 6.61 Å². The number of aliphatic hydroxyl groups excluding tert-OH is 1. The van der Waals surface area contributed by atoms with Crippen LogP contribution < -0.4 is 0 Å². The van der Waals surface area contributed by atoms with Crippen molar-refractivity contribution < 1.29 is 5.11 Å². The second-order valence-electron chi connectivity index (χ2n) is 2.25. The fourth-order valence-electron chi connectivity index (χ4n) is 0.766. The molecule has 0 fully saturated rings. The van der Waals surface area contributed by atoms with Crippen LogP contribution in [0.15, 0.2) is 6.33 Å². The number of imidazole rings is 1. The minimum atomic E-state index is 0.244. The van der Waals surface area contributed by atoms with Gasteiger partial charge in [-0.05, 0) is 6.92 Å². The highest BCUT2D eigenvalue weighted by atomic mass is 32.2. The molecule has 0 saturated heterocycles. The lowest BCUT2D eigenvalue weighted by Gasteiger charge is -1.96. The van der Waals surface area contributed by atoms with E-state index in [4.69, 9.17) is 5.11 Å². The van der Waals surface area contributed by atoms with Crippen molar-refractivity contribution in [2.75, 3.05) is 12.4 Å². The van der Waals surface area contributed by atoms with Gasteiger partial charge < -0.3 is 10.1 Å². The molecule has 0 amide bonds. The summed E-state index contributed by atoms with van der Waals surface area (Å²) in [5.74, 6) is 1.67. The number of nitrogens with one attached hydrogen (secondary N) is 1. The molecule has 0 aromatic carbocycles. The number of aryl methyl sites for hydroxylation is 1. The maximum absolute atomic E-state index is 8.52. The zero-order valence-corrected chi connectivity index (χ0v) is 7.32. The van der Waals surface area contributed by atoms with Crippen LogP contribution in [-0.2, 0) is 5.75 Å². The Kier molecular flexibility index (Phi) is 3.45. The SMILES string of the molecule is Cc1[nH]cnc1CSCCO. The molecule has 0 bridgehead atoms. The number of aromatic amines is 1. The maximum atomic E-state index is 8.52. The fraction of sp³-hybridized carbons (Fsp3) is 0.571. The molecule has 1 rings (SSSR count). The van der Waals surface area contributed by atoms with Gasteiger partial charge in [-0.1, -0.05) is 0 Å². The summed E-state index contributed by atoms with van der Waals surface area (Å²) in [6.45, 7) is 2.25. The molecule has 0 radical (unpaired) electrons. The highest BCUT2D eigenvalue weighted by Gasteiger charge is 1.99. The first-order valence-electron chi connectivity index (χ1n) is 3.52. The molecule has 0 saturated carbocycles. The molecule has 1 aromatic heterocycles. The number of H-pyrrole nitrogens is 1. The van der Waals surface area contributed by atoms with E-state index < -0.39 is 0 Å². The van der Waals surface area contributed by atoms with Gasteiger partial charge in [0.25, 0.3) is 0 Å². The summed E-state index contributed by atoms with van der Waals surface area (Å²) in [4.78, 5) is 7.14. The van der Waals surface area contributed by atoms with Crippen molar-refractivity contribution >= 4 is 11.8 Å². The molecule has 4 heteroatoms. The number of thioether (sulfide) groups is 1. The summed E-state index contributed by atoms with van der Waals surface area (Å²) in [6.07, 6.45) is 1.70. The minimum absolute atomic E-state index is 0.244. The third-order valence-corrected chi connectivity index (χ3v) is 2.36. The van der Waals surface area contributed by atoms with Gasteiger partial charge in [-0.3, -0.25) is 0 Å². The Balaban J connectivity index is 2.32. The van der Waals surface area contributed by atoms with E-state index in [1.165, 1.54) is 0 Å². The largest absolute Gasteiger partial charge is 0.396 e. The van der Waals surface area contributed by atoms with Crippen molar-refractivity contribution in [2.45, 2.75) is 12.7 Å². The molecule has 1 aromatic rings. The van der Waals surface area contributed by atoms with E-state index in [1.807, 2.05) is 6.92 Å². The Morgan fingerprint density at radius 3 is 3.09 bits per heavy atom. The highest BCUT2D eigenvalue weighted by Crippen LogP contribution is 2.11. The van der Waals surface area contributed by atoms with Crippen molar-refractivity contribution in [2.24, 2.45) is 0 Å². The Hall–Kier alpha value is -0.480. The second-order valence-corrected chi connectivity index (χ2v) is 3.36. The number of aliphatic hydroxyl groups is 1. The number of hydrogen-bond donors (Lipinski definition) is 2. The van der Waals surface area contributed by atoms with Gasteiger partial charge in [-0.2, -0.15) is 11.8 Å². The Labute approximate surface area is 70.2 Å². The normalized spacial score (nSPS) is 10.4. The summed E-state index contributed by atoms with van der Waals surface area (Å²) in [5.41, 5.74) is 2.21. The Bertz CT molecular complexity index is 212. The molecular formula is C7H12N2OS. The molecular weight excluding hydrogens is 160 g/mol. The quantitative estimate of drug-likeness (QED) is 0.665. The average Bonchev–Trinajstić information content (AvgIpc) is 2.37. The topological polar surface area (TPSA) is 48.9 Å². The van der Waals surface area contributed by atoms with Crippen molar-refractivity contribution in [1.82, 2.24) is 9.97 Å². The predicted molar refractivity (Wildman–Crippen MR) is 46.6 cm³/mol. The predicted octanol–water partition coefficient (Wildman–Crippen LogP) is 0.944. The van der Waals surface area contributed by atoms with E-state index in [0.717, 1.165) is 22.9 Å². The van der Waals surface area contributed by atoms with Crippen molar-refractivity contribution in [1.29, 1.82) is 0 Å². The Morgan fingerprint density at radius 1 is 1.73 bits per heavy atom. The number of aromatic nitrogens is 2. The van der Waals surface area contributed by atoms with E-state index in [2.05, 4.69) is 9.97 Å². The summed E-state index contributed by atoms with van der Waals surface area (Å²) in [5, 5.41) is 8.52. The lowest BCUT2D eigenvalue weighted by atomic mass is 10.4. The van der Waals surface area contributed by atoms with Crippen LogP contribution in [0.4, 0.5) is 0 Å². The molecule has 0 aliphatic carbocycles. The van der Waals surface area contributed by atoms with Crippen LogP contribution >= 0.6 is 11.8 Å². The zero-order chi connectivity index (χ0) is 8.10. The van der Waals surface area contributed by atoms with Gasteiger partial charge in [0, 0.05) is 17.2 Å². The smallest absolute Gasteiger partial charge is 0.0925 e. The van der Waals surface area contributed by atoms with Gasteiger partial charge in [-0.15, -0.1) is 0 Å². The van der Waals surface area contributed by atoms with Crippen LogP contribution in [0.25, 0.3) is 0 Å². The highest BCUT2D eigenvalue weighted by molar-refractivity contribution is 7.98. The zero-order valence-electron chi connectivity index (χ0n) is 6.50. The average molecular weight is 172 g/mol. The molecule has 62 valence electrons. The van der Waals surface area contributed by atoms with E-state index >= 15 is 0 Å². The standard InChI is InChI=1S/C7H12N2OS/c1-6-7(9-5-8-6)4-11-3-2-10/h5,10H,2-4H2,1H3,(H,8,9). The third-order valence-electron chi connectivity index (χ3n) is 1.41. The van der Waals surface area contributed by atoms with Gasteiger partial charge in [0.05, 0.1) is 18.6 Å². The van der Waals surface area contributed by atoms with Crippen LogP contribution in [0.1, 0.15) is 11.4 Å². The lowest BCUT2D eigenvalue weighted by Crippen LogP contribution is -1.89. The monoisotopic (exact) mass is 172 g/mol. The number of nitrogens with zero attached hydrogens (tertiary/aromatic N) is 1. The maximum Gasteiger partial charge on any atom is 0.0925 e. The molecule has 0 unspecified atom stereocenters. The Morgan fingerprint density at radius 2 is 2.55 bits per heavy atom. The first-order chi connectivity index (χ1) is 5.34. The van der Waals surface area contributed by atoms with Crippen LogP contribution in [0, 0.1) is 6.92 Å². The van der Waals surface area contributed by atoms with Gasteiger partial charge in [-0.25, -0.2) is 4.98 Å². The molecule has 0 atom stereocenters. The summed E-state index contributed by atoms with van der Waals surface area (Å²) < 4.78 is 0. The first kappa shape index (κ1) is 8.62. The van der Waals surface area contributed by atoms with Gasteiger partial charge in [0.15, 0.2) is 0 Å². The molecule has 0 aliphatic rings. The lowest BCUT2D eigenvalue weighted by molar-refractivity contribution is 0.322. The van der Waals surface area contributed by atoms with Crippen molar-refractivity contribution in [3.8, 4) is 0 Å². The van der Waals surface area contributed by atoms with Crippen molar-refractivity contribution in [3.63, 3.8) is 0 Å². The fourth-order valence-corrected chi connectivity index (χ4v) is 1.52. The summed E-state index contributed by atoms with van der Waals surface area (Å²) in [6, 6.07) is 0. The number of rotatable bonds is 4. The van der Waals surface area contributed by atoms with Gasteiger partial charge in [0.1, 0.15) is 0 Å². The molecule has 0 aliphatic heterocycles. The van der Waals surface area contributed by atoms with Gasteiger partial charge in [0.2, 0.25) is 0 Å². The van der Waals surface area contributed by atoms with Crippen LogP contribution in [0.2, 0.25) is 0 Å².